The fourth-order valence-corrected chi connectivity index (χ4v) is 2.47. The quantitative estimate of drug-likeness (QED) is 0.789. The lowest BCUT2D eigenvalue weighted by Crippen LogP contribution is -2.28. The van der Waals surface area contributed by atoms with Crippen molar-refractivity contribution in [3.8, 4) is 0 Å². The predicted octanol–water partition coefficient (Wildman–Crippen LogP) is 2.92. The summed E-state index contributed by atoms with van der Waals surface area (Å²) in [6.45, 7) is 2.35. The summed E-state index contributed by atoms with van der Waals surface area (Å²) in [6.07, 6.45) is 4.57. The van der Waals surface area contributed by atoms with Gasteiger partial charge in [0.05, 0.1) is 12.2 Å². The van der Waals surface area contributed by atoms with Crippen LogP contribution in [0.15, 0.2) is 24.3 Å². The number of halogens is 1. The van der Waals surface area contributed by atoms with E-state index in [0.717, 1.165) is 25.1 Å². The van der Waals surface area contributed by atoms with Gasteiger partial charge in [-0.1, -0.05) is 23.7 Å². The molecule has 2 N–H and O–H groups in total. The number of benzene rings is 1. The molecule has 0 bridgehead atoms. The molecule has 0 aromatic heterocycles. The molecule has 1 fully saturated rings. The topological polar surface area (TPSA) is 41.5 Å². The highest BCUT2D eigenvalue weighted by atomic mass is 35.5. The molecule has 1 heterocycles. The first-order valence-corrected chi connectivity index (χ1v) is 7.39. The highest BCUT2D eigenvalue weighted by Gasteiger charge is 2.13. The van der Waals surface area contributed by atoms with E-state index in [1.54, 1.807) is 12.1 Å². The van der Waals surface area contributed by atoms with Crippen LogP contribution in [0.3, 0.4) is 0 Å². The van der Waals surface area contributed by atoms with E-state index in [0.29, 0.717) is 17.7 Å². The Morgan fingerprint density at radius 1 is 1.32 bits per heavy atom. The van der Waals surface area contributed by atoms with E-state index >= 15 is 0 Å². The van der Waals surface area contributed by atoms with Gasteiger partial charge in [-0.25, -0.2) is 0 Å². The minimum absolute atomic E-state index is 0.397. The van der Waals surface area contributed by atoms with Crippen molar-refractivity contribution in [1.29, 1.82) is 0 Å². The second-order valence-electron chi connectivity index (χ2n) is 5.05. The number of ether oxygens (including phenoxy) is 1. The SMILES string of the molecule is OC(CNCCC1CCCCO1)c1ccc(Cl)cc1. The highest BCUT2D eigenvalue weighted by Crippen LogP contribution is 2.17. The van der Waals surface area contributed by atoms with Crippen LogP contribution in [-0.2, 0) is 4.74 Å². The maximum atomic E-state index is 10.0. The van der Waals surface area contributed by atoms with Crippen LogP contribution in [0, 0.1) is 0 Å². The standard InChI is InChI=1S/C15H22ClNO2/c16-13-6-4-12(5-7-13)15(18)11-17-9-8-14-3-1-2-10-19-14/h4-7,14-15,17-18H,1-3,8-11H2. The third kappa shape index (κ3) is 5.11. The minimum atomic E-state index is -0.482. The van der Waals surface area contributed by atoms with E-state index < -0.39 is 6.10 Å². The van der Waals surface area contributed by atoms with Gasteiger partial charge in [-0.3, -0.25) is 0 Å². The van der Waals surface area contributed by atoms with E-state index in [1.165, 1.54) is 19.3 Å². The minimum Gasteiger partial charge on any atom is -0.387 e. The van der Waals surface area contributed by atoms with E-state index in [2.05, 4.69) is 5.32 Å². The monoisotopic (exact) mass is 283 g/mol. The van der Waals surface area contributed by atoms with Crippen LogP contribution >= 0.6 is 11.6 Å². The molecule has 19 heavy (non-hydrogen) atoms. The molecular formula is C15H22ClNO2. The molecule has 0 amide bonds. The zero-order valence-electron chi connectivity index (χ0n) is 11.1. The van der Waals surface area contributed by atoms with Gasteiger partial charge >= 0.3 is 0 Å². The Balaban J connectivity index is 1.63. The Morgan fingerprint density at radius 2 is 2.11 bits per heavy atom. The molecule has 1 aromatic rings. The average molecular weight is 284 g/mol. The molecule has 2 rings (SSSR count). The van der Waals surface area contributed by atoms with Gasteiger partial charge in [-0.15, -0.1) is 0 Å². The summed E-state index contributed by atoms with van der Waals surface area (Å²) in [5.41, 5.74) is 0.894. The molecule has 2 atom stereocenters. The van der Waals surface area contributed by atoms with Crippen molar-refractivity contribution in [2.75, 3.05) is 19.7 Å². The van der Waals surface area contributed by atoms with Gasteiger partial charge in [0.2, 0.25) is 0 Å². The van der Waals surface area contributed by atoms with Gasteiger partial charge in [-0.2, -0.15) is 0 Å². The van der Waals surface area contributed by atoms with Crippen molar-refractivity contribution >= 4 is 11.6 Å². The summed E-state index contributed by atoms with van der Waals surface area (Å²) in [7, 11) is 0. The lowest BCUT2D eigenvalue weighted by molar-refractivity contribution is 0.0111. The van der Waals surface area contributed by atoms with Crippen molar-refractivity contribution in [2.24, 2.45) is 0 Å². The van der Waals surface area contributed by atoms with E-state index in [1.807, 2.05) is 12.1 Å². The van der Waals surface area contributed by atoms with E-state index in [-0.39, 0.29) is 0 Å². The molecule has 0 spiro atoms. The van der Waals surface area contributed by atoms with Crippen LogP contribution in [0.25, 0.3) is 0 Å². The Kier molecular flexibility index (Phi) is 6.11. The number of hydrogen-bond acceptors (Lipinski definition) is 3. The second kappa shape index (κ2) is 7.85. The predicted molar refractivity (Wildman–Crippen MR) is 77.5 cm³/mol. The summed E-state index contributed by atoms with van der Waals surface area (Å²) in [5.74, 6) is 0. The molecule has 0 radical (unpaired) electrons. The zero-order valence-corrected chi connectivity index (χ0v) is 11.9. The smallest absolute Gasteiger partial charge is 0.0914 e. The number of hydrogen-bond donors (Lipinski definition) is 2. The third-order valence-corrected chi connectivity index (χ3v) is 3.76. The summed E-state index contributed by atoms with van der Waals surface area (Å²) in [6, 6.07) is 7.32. The Morgan fingerprint density at radius 3 is 2.79 bits per heavy atom. The lowest BCUT2D eigenvalue weighted by Gasteiger charge is -2.22. The largest absolute Gasteiger partial charge is 0.387 e. The summed E-state index contributed by atoms with van der Waals surface area (Å²) >= 11 is 5.82. The van der Waals surface area contributed by atoms with Crippen LogP contribution in [0.1, 0.15) is 37.4 Å². The zero-order chi connectivity index (χ0) is 13.5. The Labute approximate surface area is 119 Å². The molecule has 1 aliphatic rings. The highest BCUT2D eigenvalue weighted by molar-refractivity contribution is 6.30. The number of aliphatic hydroxyl groups excluding tert-OH is 1. The Bertz CT molecular complexity index is 363. The van der Waals surface area contributed by atoms with Crippen LogP contribution in [-0.4, -0.2) is 30.9 Å². The lowest BCUT2D eigenvalue weighted by atomic mass is 10.1. The summed E-state index contributed by atoms with van der Waals surface area (Å²) < 4.78 is 5.67. The van der Waals surface area contributed by atoms with Gasteiger partial charge in [0.25, 0.3) is 0 Å². The average Bonchev–Trinajstić information content (AvgIpc) is 2.45. The Hall–Kier alpha value is -0.610. The van der Waals surface area contributed by atoms with Crippen LogP contribution in [0.2, 0.25) is 5.02 Å². The second-order valence-corrected chi connectivity index (χ2v) is 5.49. The molecule has 0 aliphatic carbocycles. The summed E-state index contributed by atoms with van der Waals surface area (Å²) in [5, 5.41) is 14.0. The molecule has 106 valence electrons. The molecule has 2 unspecified atom stereocenters. The van der Waals surface area contributed by atoms with Crippen molar-refractivity contribution in [3.63, 3.8) is 0 Å². The molecule has 0 saturated carbocycles. The van der Waals surface area contributed by atoms with Gasteiger partial charge in [0.15, 0.2) is 0 Å². The third-order valence-electron chi connectivity index (χ3n) is 3.51. The van der Waals surface area contributed by atoms with Crippen molar-refractivity contribution < 1.29 is 9.84 Å². The van der Waals surface area contributed by atoms with Gasteiger partial charge < -0.3 is 15.2 Å². The molecule has 4 heteroatoms. The van der Waals surface area contributed by atoms with Gasteiger partial charge in [-0.05, 0) is 49.9 Å². The maximum absolute atomic E-state index is 10.0. The first-order valence-electron chi connectivity index (χ1n) is 7.01. The van der Waals surface area contributed by atoms with Gasteiger partial charge in [0, 0.05) is 18.2 Å². The molecule has 1 saturated heterocycles. The summed E-state index contributed by atoms with van der Waals surface area (Å²) in [4.78, 5) is 0. The van der Waals surface area contributed by atoms with Gasteiger partial charge in [0.1, 0.15) is 0 Å². The molecule has 1 aliphatic heterocycles. The molecular weight excluding hydrogens is 262 g/mol. The van der Waals surface area contributed by atoms with Crippen LogP contribution in [0.4, 0.5) is 0 Å². The first kappa shape index (κ1) is 14.8. The van der Waals surface area contributed by atoms with Crippen molar-refractivity contribution in [2.45, 2.75) is 37.9 Å². The molecule has 1 aromatic carbocycles. The normalized spacial score (nSPS) is 21.3. The number of rotatable bonds is 6. The van der Waals surface area contributed by atoms with Crippen LogP contribution < -0.4 is 5.32 Å². The van der Waals surface area contributed by atoms with E-state index in [9.17, 15) is 5.11 Å². The number of nitrogens with one attached hydrogen (secondary N) is 1. The number of aliphatic hydroxyl groups is 1. The fourth-order valence-electron chi connectivity index (χ4n) is 2.34. The molecule has 3 nitrogen and oxygen atoms in total. The van der Waals surface area contributed by atoms with Crippen LogP contribution in [0.5, 0.6) is 0 Å². The first-order chi connectivity index (χ1) is 9.25. The maximum Gasteiger partial charge on any atom is 0.0914 e. The van der Waals surface area contributed by atoms with Crippen molar-refractivity contribution in [3.05, 3.63) is 34.9 Å². The fraction of sp³-hybridized carbons (Fsp3) is 0.600. The van der Waals surface area contributed by atoms with Crippen molar-refractivity contribution in [1.82, 2.24) is 5.32 Å². The van der Waals surface area contributed by atoms with E-state index in [4.69, 9.17) is 16.3 Å².